The topological polar surface area (TPSA) is 41.1 Å². The largest absolute Gasteiger partial charge is 0.384 e. The van der Waals surface area contributed by atoms with Gasteiger partial charge in [0, 0.05) is 17.3 Å². The van der Waals surface area contributed by atoms with Crippen molar-refractivity contribution in [2.75, 3.05) is 11.9 Å². The molecule has 0 radical (unpaired) electrons. The van der Waals surface area contributed by atoms with Crippen molar-refractivity contribution >= 4 is 23.2 Å². The Morgan fingerprint density at radius 3 is 2.71 bits per heavy atom. The highest BCUT2D eigenvalue weighted by molar-refractivity contribution is 6.30. The molecular formula is C17H17ClN2O. The van der Waals surface area contributed by atoms with Crippen LogP contribution in [0.5, 0.6) is 0 Å². The fourth-order valence-electron chi connectivity index (χ4n) is 2.67. The SMILES string of the molecule is C[C@H](NC(=O)C1CNc2ccccc21)c1ccc(Cl)cc1. The first-order chi connectivity index (χ1) is 10.1. The number of amides is 1. The Labute approximate surface area is 129 Å². The minimum atomic E-state index is -0.129. The summed E-state index contributed by atoms with van der Waals surface area (Å²) in [6.07, 6.45) is 0. The van der Waals surface area contributed by atoms with Gasteiger partial charge in [0.15, 0.2) is 0 Å². The molecule has 21 heavy (non-hydrogen) atoms. The zero-order chi connectivity index (χ0) is 14.8. The number of halogens is 1. The molecule has 3 nitrogen and oxygen atoms in total. The van der Waals surface area contributed by atoms with Crippen LogP contribution in [0.25, 0.3) is 0 Å². The molecule has 0 saturated carbocycles. The van der Waals surface area contributed by atoms with Gasteiger partial charge in [0.25, 0.3) is 0 Å². The number of hydrogen-bond acceptors (Lipinski definition) is 2. The van der Waals surface area contributed by atoms with Gasteiger partial charge in [-0.25, -0.2) is 0 Å². The maximum absolute atomic E-state index is 12.5. The van der Waals surface area contributed by atoms with Gasteiger partial charge in [-0.05, 0) is 36.2 Å². The quantitative estimate of drug-likeness (QED) is 0.907. The highest BCUT2D eigenvalue weighted by atomic mass is 35.5. The number of nitrogens with one attached hydrogen (secondary N) is 2. The lowest BCUT2D eigenvalue weighted by Gasteiger charge is -2.17. The number of carbonyl (C=O) groups excluding carboxylic acids is 1. The lowest BCUT2D eigenvalue weighted by atomic mass is 9.99. The van der Waals surface area contributed by atoms with E-state index in [4.69, 9.17) is 11.6 Å². The predicted octanol–water partition coefficient (Wildman–Crippen LogP) is 3.73. The molecule has 1 unspecified atom stereocenters. The van der Waals surface area contributed by atoms with Crippen molar-refractivity contribution in [2.24, 2.45) is 0 Å². The molecule has 0 bridgehead atoms. The van der Waals surface area contributed by atoms with E-state index in [-0.39, 0.29) is 17.9 Å². The number of hydrogen-bond donors (Lipinski definition) is 2. The van der Waals surface area contributed by atoms with Crippen molar-refractivity contribution in [3.63, 3.8) is 0 Å². The second kappa shape index (κ2) is 5.78. The van der Waals surface area contributed by atoms with Gasteiger partial charge in [-0.2, -0.15) is 0 Å². The van der Waals surface area contributed by atoms with E-state index in [0.29, 0.717) is 11.6 Å². The summed E-state index contributed by atoms with van der Waals surface area (Å²) in [5, 5.41) is 7.05. The summed E-state index contributed by atoms with van der Waals surface area (Å²) in [4.78, 5) is 12.5. The lowest BCUT2D eigenvalue weighted by Crippen LogP contribution is -2.32. The zero-order valence-corrected chi connectivity index (χ0v) is 12.5. The molecule has 0 spiro atoms. The number of para-hydroxylation sites is 1. The molecule has 2 aromatic rings. The van der Waals surface area contributed by atoms with Gasteiger partial charge in [-0.15, -0.1) is 0 Å². The summed E-state index contributed by atoms with van der Waals surface area (Å²) in [7, 11) is 0. The number of anilines is 1. The van der Waals surface area contributed by atoms with E-state index in [1.54, 1.807) is 0 Å². The Hall–Kier alpha value is -2.00. The van der Waals surface area contributed by atoms with E-state index in [0.717, 1.165) is 16.8 Å². The fourth-order valence-corrected chi connectivity index (χ4v) is 2.79. The third-order valence-electron chi connectivity index (χ3n) is 3.88. The number of benzene rings is 2. The van der Waals surface area contributed by atoms with Gasteiger partial charge >= 0.3 is 0 Å². The lowest BCUT2D eigenvalue weighted by molar-refractivity contribution is -0.122. The van der Waals surface area contributed by atoms with Gasteiger partial charge in [0.1, 0.15) is 0 Å². The minimum Gasteiger partial charge on any atom is -0.384 e. The predicted molar refractivity (Wildman–Crippen MR) is 85.7 cm³/mol. The Kier molecular flexibility index (Phi) is 3.84. The van der Waals surface area contributed by atoms with E-state index in [1.165, 1.54) is 0 Å². The highest BCUT2D eigenvalue weighted by Gasteiger charge is 2.28. The molecule has 108 valence electrons. The van der Waals surface area contributed by atoms with Crippen molar-refractivity contribution in [3.05, 3.63) is 64.7 Å². The Morgan fingerprint density at radius 1 is 1.24 bits per heavy atom. The van der Waals surface area contributed by atoms with Crippen molar-refractivity contribution in [1.29, 1.82) is 0 Å². The monoisotopic (exact) mass is 300 g/mol. The van der Waals surface area contributed by atoms with Crippen molar-refractivity contribution < 1.29 is 4.79 Å². The number of fused-ring (bicyclic) bond motifs is 1. The highest BCUT2D eigenvalue weighted by Crippen LogP contribution is 2.31. The van der Waals surface area contributed by atoms with Crippen molar-refractivity contribution in [1.82, 2.24) is 5.32 Å². The van der Waals surface area contributed by atoms with Crippen LogP contribution < -0.4 is 10.6 Å². The average molecular weight is 301 g/mol. The van der Waals surface area contributed by atoms with Gasteiger partial charge in [-0.1, -0.05) is 41.9 Å². The van der Waals surface area contributed by atoms with Crippen molar-refractivity contribution in [3.8, 4) is 0 Å². The Morgan fingerprint density at radius 2 is 1.95 bits per heavy atom. The van der Waals surface area contributed by atoms with Gasteiger partial charge in [0.2, 0.25) is 5.91 Å². The van der Waals surface area contributed by atoms with Crippen LogP contribution in [0.1, 0.15) is 30.0 Å². The fraction of sp³-hybridized carbons (Fsp3) is 0.235. The van der Waals surface area contributed by atoms with Crippen LogP contribution in [-0.4, -0.2) is 12.5 Å². The van der Waals surface area contributed by atoms with E-state index in [2.05, 4.69) is 10.6 Å². The van der Waals surface area contributed by atoms with Crippen LogP contribution in [0.4, 0.5) is 5.69 Å². The summed E-state index contributed by atoms with van der Waals surface area (Å²) in [6, 6.07) is 15.5. The third-order valence-corrected chi connectivity index (χ3v) is 4.13. The molecule has 3 rings (SSSR count). The molecule has 0 aromatic heterocycles. The molecule has 0 aliphatic carbocycles. The normalized spacial score (nSPS) is 17.7. The van der Waals surface area contributed by atoms with Gasteiger partial charge < -0.3 is 10.6 Å². The number of rotatable bonds is 3. The van der Waals surface area contributed by atoms with E-state index < -0.39 is 0 Å². The molecule has 1 aliphatic heterocycles. The summed E-state index contributed by atoms with van der Waals surface area (Å²) >= 11 is 5.89. The van der Waals surface area contributed by atoms with E-state index in [1.807, 2.05) is 55.5 Å². The van der Waals surface area contributed by atoms with Gasteiger partial charge in [0.05, 0.1) is 12.0 Å². The van der Waals surface area contributed by atoms with Crippen LogP contribution in [0.15, 0.2) is 48.5 Å². The first kappa shape index (κ1) is 14.0. The maximum atomic E-state index is 12.5. The standard InChI is InChI=1S/C17H17ClN2O/c1-11(12-6-8-13(18)9-7-12)20-17(21)15-10-19-16-5-3-2-4-14(15)16/h2-9,11,15,19H,10H2,1H3,(H,20,21)/t11-,15?/m0/s1. The Bertz CT molecular complexity index is 654. The van der Waals surface area contributed by atoms with Crippen LogP contribution in [0, 0.1) is 0 Å². The summed E-state index contributed by atoms with van der Waals surface area (Å²) < 4.78 is 0. The average Bonchev–Trinajstić information content (AvgIpc) is 2.92. The van der Waals surface area contributed by atoms with E-state index in [9.17, 15) is 4.79 Å². The third kappa shape index (κ3) is 2.88. The second-order valence-corrected chi connectivity index (χ2v) is 5.74. The molecule has 2 N–H and O–H groups in total. The molecule has 0 saturated heterocycles. The maximum Gasteiger partial charge on any atom is 0.229 e. The van der Waals surface area contributed by atoms with Crippen LogP contribution >= 0.6 is 11.6 Å². The first-order valence-electron chi connectivity index (χ1n) is 7.04. The second-order valence-electron chi connectivity index (χ2n) is 5.30. The molecule has 1 heterocycles. The van der Waals surface area contributed by atoms with Crippen LogP contribution in [-0.2, 0) is 4.79 Å². The minimum absolute atomic E-state index is 0.0393. The molecular weight excluding hydrogens is 284 g/mol. The Balaban J connectivity index is 1.71. The number of carbonyl (C=O) groups is 1. The zero-order valence-electron chi connectivity index (χ0n) is 11.8. The molecule has 2 atom stereocenters. The summed E-state index contributed by atoms with van der Waals surface area (Å²) in [5.74, 6) is -0.0779. The molecule has 1 aliphatic rings. The first-order valence-corrected chi connectivity index (χ1v) is 7.41. The smallest absolute Gasteiger partial charge is 0.229 e. The van der Waals surface area contributed by atoms with Gasteiger partial charge in [-0.3, -0.25) is 4.79 Å². The molecule has 2 aromatic carbocycles. The van der Waals surface area contributed by atoms with Crippen molar-refractivity contribution in [2.45, 2.75) is 18.9 Å². The molecule has 4 heteroatoms. The summed E-state index contributed by atoms with van der Waals surface area (Å²) in [5.41, 5.74) is 3.17. The summed E-state index contributed by atoms with van der Waals surface area (Å²) in [6.45, 7) is 2.63. The molecule has 0 fully saturated rings. The van der Waals surface area contributed by atoms with Crippen LogP contribution in [0.3, 0.4) is 0 Å². The van der Waals surface area contributed by atoms with Crippen LogP contribution in [0.2, 0.25) is 5.02 Å². The van der Waals surface area contributed by atoms with E-state index >= 15 is 0 Å². The molecule has 1 amide bonds.